The van der Waals surface area contributed by atoms with Gasteiger partial charge in [-0.2, -0.15) is 0 Å². The van der Waals surface area contributed by atoms with Crippen LogP contribution in [-0.4, -0.2) is 16.1 Å². The lowest BCUT2D eigenvalue weighted by molar-refractivity contribution is 0.0691. The first-order valence-corrected chi connectivity index (χ1v) is 3.28. The van der Waals surface area contributed by atoms with Crippen LogP contribution in [0, 0.1) is 0 Å². The molecule has 0 unspecified atom stereocenters. The van der Waals surface area contributed by atoms with Crippen LogP contribution in [0.1, 0.15) is 29.0 Å². The molecule has 0 bridgehead atoms. The SMILES string of the molecule is C[C@H](N)c1c[nH]c(C(=O)O)c1. The molecule has 0 aliphatic rings. The minimum Gasteiger partial charge on any atom is -0.477 e. The number of H-pyrrole nitrogens is 1. The molecule has 0 amide bonds. The quantitative estimate of drug-likeness (QED) is 0.587. The summed E-state index contributed by atoms with van der Waals surface area (Å²) in [6.45, 7) is 1.80. The summed E-state index contributed by atoms with van der Waals surface area (Å²) in [5.74, 6) is -0.961. The number of nitrogens with two attached hydrogens (primary N) is 1. The minimum absolute atomic E-state index is 0.126. The van der Waals surface area contributed by atoms with E-state index in [1.165, 1.54) is 6.07 Å². The Kier molecular flexibility index (Phi) is 1.96. The summed E-state index contributed by atoms with van der Waals surface area (Å²) in [7, 11) is 0. The topological polar surface area (TPSA) is 79.1 Å². The molecule has 60 valence electrons. The molecule has 4 heteroatoms. The van der Waals surface area contributed by atoms with E-state index in [4.69, 9.17) is 10.8 Å². The number of hydrogen-bond acceptors (Lipinski definition) is 2. The number of aromatic carboxylic acids is 1. The van der Waals surface area contributed by atoms with Gasteiger partial charge in [0.05, 0.1) is 0 Å². The molecule has 0 saturated carbocycles. The van der Waals surface area contributed by atoms with Crippen molar-refractivity contribution >= 4 is 5.97 Å². The zero-order valence-corrected chi connectivity index (χ0v) is 6.16. The number of carboxylic acids is 1. The van der Waals surface area contributed by atoms with Crippen LogP contribution in [0.4, 0.5) is 0 Å². The number of rotatable bonds is 2. The molecule has 0 aromatic carbocycles. The van der Waals surface area contributed by atoms with Crippen molar-refractivity contribution in [3.8, 4) is 0 Å². The van der Waals surface area contributed by atoms with E-state index in [0.717, 1.165) is 5.56 Å². The van der Waals surface area contributed by atoms with Crippen molar-refractivity contribution in [3.05, 3.63) is 23.5 Å². The van der Waals surface area contributed by atoms with Gasteiger partial charge in [0, 0.05) is 12.2 Å². The first kappa shape index (κ1) is 7.81. The van der Waals surface area contributed by atoms with Gasteiger partial charge in [-0.3, -0.25) is 0 Å². The Morgan fingerprint density at radius 1 is 1.82 bits per heavy atom. The van der Waals surface area contributed by atoms with Crippen LogP contribution < -0.4 is 5.73 Å². The highest BCUT2D eigenvalue weighted by Crippen LogP contribution is 2.10. The summed E-state index contributed by atoms with van der Waals surface area (Å²) >= 11 is 0. The Labute approximate surface area is 64.0 Å². The highest BCUT2D eigenvalue weighted by Gasteiger charge is 2.07. The van der Waals surface area contributed by atoms with Gasteiger partial charge in [0.15, 0.2) is 0 Å². The van der Waals surface area contributed by atoms with Gasteiger partial charge in [-0.05, 0) is 18.6 Å². The lowest BCUT2D eigenvalue weighted by Crippen LogP contribution is -2.03. The zero-order chi connectivity index (χ0) is 8.43. The summed E-state index contributed by atoms with van der Waals surface area (Å²) < 4.78 is 0. The van der Waals surface area contributed by atoms with Gasteiger partial charge >= 0.3 is 5.97 Å². The first-order valence-electron chi connectivity index (χ1n) is 3.28. The van der Waals surface area contributed by atoms with Crippen molar-refractivity contribution < 1.29 is 9.90 Å². The molecule has 0 radical (unpaired) electrons. The van der Waals surface area contributed by atoms with E-state index in [1.807, 2.05) is 0 Å². The van der Waals surface area contributed by atoms with Gasteiger partial charge in [0.25, 0.3) is 0 Å². The van der Waals surface area contributed by atoms with E-state index in [0.29, 0.717) is 0 Å². The fourth-order valence-electron chi connectivity index (χ4n) is 0.797. The van der Waals surface area contributed by atoms with Gasteiger partial charge in [-0.1, -0.05) is 0 Å². The van der Waals surface area contributed by atoms with Gasteiger partial charge in [0.1, 0.15) is 5.69 Å². The van der Waals surface area contributed by atoms with E-state index in [1.54, 1.807) is 13.1 Å². The van der Waals surface area contributed by atoms with Crippen molar-refractivity contribution in [2.75, 3.05) is 0 Å². The van der Waals surface area contributed by atoms with Gasteiger partial charge < -0.3 is 15.8 Å². The molecule has 1 heterocycles. The number of carbonyl (C=O) groups is 1. The van der Waals surface area contributed by atoms with Gasteiger partial charge in [-0.15, -0.1) is 0 Å². The number of hydrogen-bond donors (Lipinski definition) is 3. The second kappa shape index (κ2) is 2.75. The van der Waals surface area contributed by atoms with E-state index in [-0.39, 0.29) is 11.7 Å². The number of nitrogens with one attached hydrogen (secondary N) is 1. The molecule has 4 N–H and O–H groups in total. The predicted molar refractivity (Wildman–Crippen MR) is 40.4 cm³/mol. The second-order valence-corrected chi connectivity index (χ2v) is 2.44. The van der Waals surface area contributed by atoms with Gasteiger partial charge in [-0.25, -0.2) is 4.79 Å². The maximum atomic E-state index is 10.4. The molecular formula is C7H10N2O2. The second-order valence-electron chi connectivity index (χ2n) is 2.44. The molecule has 0 aliphatic heterocycles. The molecule has 11 heavy (non-hydrogen) atoms. The van der Waals surface area contributed by atoms with Crippen molar-refractivity contribution in [3.63, 3.8) is 0 Å². The van der Waals surface area contributed by atoms with Gasteiger partial charge in [0.2, 0.25) is 0 Å². The third-order valence-electron chi connectivity index (χ3n) is 1.46. The third kappa shape index (κ3) is 1.59. The predicted octanol–water partition coefficient (Wildman–Crippen LogP) is 0.733. The van der Waals surface area contributed by atoms with Crippen LogP contribution in [-0.2, 0) is 0 Å². The van der Waals surface area contributed by atoms with Crippen molar-refractivity contribution in [1.29, 1.82) is 0 Å². The van der Waals surface area contributed by atoms with Crippen LogP contribution in [0.15, 0.2) is 12.3 Å². The standard InChI is InChI=1S/C7H10N2O2/c1-4(8)5-2-6(7(10)11)9-3-5/h2-4,9H,8H2,1H3,(H,10,11)/t4-/m0/s1. The van der Waals surface area contributed by atoms with Crippen LogP contribution in [0.25, 0.3) is 0 Å². The largest absolute Gasteiger partial charge is 0.477 e. The number of aromatic amines is 1. The van der Waals surface area contributed by atoms with E-state index < -0.39 is 5.97 Å². The maximum absolute atomic E-state index is 10.4. The smallest absolute Gasteiger partial charge is 0.352 e. The third-order valence-corrected chi connectivity index (χ3v) is 1.46. The van der Waals surface area contributed by atoms with E-state index >= 15 is 0 Å². The molecule has 1 aromatic rings. The summed E-state index contributed by atoms with van der Waals surface area (Å²) in [5.41, 5.74) is 6.50. The Balaban J connectivity index is 2.90. The Morgan fingerprint density at radius 2 is 2.45 bits per heavy atom. The highest BCUT2D eigenvalue weighted by molar-refractivity contribution is 5.85. The fraction of sp³-hybridized carbons (Fsp3) is 0.286. The minimum atomic E-state index is -0.961. The van der Waals surface area contributed by atoms with Crippen LogP contribution >= 0.6 is 0 Å². The van der Waals surface area contributed by atoms with E-state index in [9.17, 15) is 4.79 Å². The average molecular weight is 154 g/mol. The molecule has 0 aliphatic carbocycles. The zero-order valence-electron chi connectivity index (χ0n) is 6.16. The first-order chi connectivity index (χ1) is 5.11. The summed E-state index contributed by atoms with van der Waals surface area (Å²) in [6, 6.07) is 1.41. The number of carboxylic acid groups (broad SMARTS) is 1. The summed E-state index contributed by atoms with van der Waals surface area (Å²) in [5, 5.41) is 8.51. The molecule has 1 atom stereocenters. The average Bonchev–Trinajstić information content (AvgIpc) is 2.33. The maximum Gasteiger partial charge on any atom is 0.352 e. The molecule has 4 nitrogen and oxygen atoms in total. The fourth-order valence-corrected chi connectivity index (χ4v) is 0.797. The lowest BCUT2D eigenvalue weighted by atomic mass is 10.2. The molecule has 0 saturated heterocycles. The monoisotopic (exact) mass is 154 g/mol. The molecule has 0 spiro atoms. The van der Waals surface area contributed by atoms with Crippen LogP contribution in [0.3, 0.4) is 0 Å². The van der Waals surface area contributed by atoms with Crippen molar-refractivity contribution in [2.24, 2.45) is 5.73 Å². The Morgan fingerprint density at radius 3 is 2.73 bits per heavy atom. The molecule has 0 fully saturated rings. The highest BCUT2D eigenvalue weighted by atomic mass is 16.4. The summed E-state index contributed by atoms with van der Waals surface area (Å²) in [4.78, 5) is 13.0. The van der Waals surface area contributed by atoms with Crippen LogP contribution in [0.5, 0.6) is 0 Å². The molecule has 1 rings (SSSR count). The normalized spacial score (nSPS) is 12.9. The summed E-state index contributed by atoms with van der Waals surface area (Å²) in [6.07, 6.45) is 1.61. The lowest BCUT2D eigenvalue weighted by Gasteiger charge is -1.97. The van der Waals surface area contributed by atoms with Crippen molar-refractivity contribution in [1.82, 2.24) is 4.98 Å². The van der Waals surface area contributed by atoms with E-state index in [2.05, 4.69) is 4.98 Å². The molecular weight excluding hydrogens is 144 g/mol. The van der Waals surface area contributed by atoms with Crippen molar-refractivity contribution in [2.45, 2.75) is 13.0 Å². The number of aromatic nitrogens is 1. The Bertz CT molecular complexity index is 265. The Hall–Kier alpha value is -1.29. The van der Waals surface area contributed by atoms with Crippen LogP contribution in [0.2, 0.25) is 0 Å². The molecule has 1 aromatic heterocycles.